The van der Waals surface area contributed by atoms with Crippen molar-refractivity contribution >= 4 is 28.8 Å². The topological polar surface area (TPSA) is 64.6 Å². The molecule has 2 rings (SSSR count). The summed E-state index contributed by atoms with van der Waals surface area (Å²) in [6.07, 6.45) is -0.746. The van der Waals surface area contributed by atoms with Gasteiger partial charge in [-0.2, -0.15) is 0 Å². The molecule has 1 amide bonds. The van der Waals surface area contributed by atoms with E-state index in [-0.39, 0.29) is 11.8 Å². The molecule has 6 heteroatoms. The van der Waals surface area contributed by atoms with E-state index in [0.29, 0.717) is 5.75 Å². The minimum Gasteiger partial charge on any atom is -0.434 e. The average molecular weight is 317 g/mol. The molecule has 0 bridgehead atoms. The maximum absolute atomic E-state index is 11.9. The minimum atomic E-state index is -0.746. The van der Waals surface area contributed by atoms with E-state index < -0.39 is 6.16 Å². The van der Waals surface area contributed by atoms with Crippen molar-refractivity contribution in [3.8, 4) is 5.75 Å². The van der Waals surface area contributed by atoms with E-state index in [9.17, 15) is 9.59 Å². The number of nitrogens with one attached hydrogen (secondary N) is 1. The third kappa shape index (κ3) is 5.14. The molecule has 22 heavy (non-hydrogen) atoms. The van der Waals surface area contributed by atoms with E-state index in [1.807, 2.05) is 30.3 Å². The predicted molar refractivity (Wildman–Crippen MR) is 85.4 cm³/mol. The summed E-state index contributed by atoms with van der Waals surface area (Å²) in [5.74, 6) is 0.367. The molecule has 0 saturated carbocycles. The molecule has 2 aromatic carbocycles. The first-order valence-electron chi connectivity index (χ1n) is 6.66. The molecule has 1 N–H and O–H groups in total. The van der Waals surface area contributed by atoms with Crippen LogP contribution in [-0.2, 0) is 4.74 Å². The standard InChI is InChI=1S/C16H15NO4S/c1-2-20-16(19)21-13-8-10-14(11-9-13)22-15(18)17-12-6-4-3-5-7-12/h3-11H,2H2,1H3,(H,17,18). The van der Waals surface area contributed by atoms with Gasteiger partial charge in [0, 0.05) is 10.6 Å². The third-order valence-corrected chi connectivity index (χ3v) is 3.31. The molecular formula is C16H15NO4S. The van der Waals surface area contributed by atoms with Crippen LogP contribution in [0.3, 0.4) is 0 Å². The van der Waals surface area contributed by atoms with E-state index in [0.717, 1.165) is 22.3 Å². The SMILES string of the molecule is CCOC(=O)Oc1ccc(SC(=O)Nc2ccccc2)cc1. The molecule has 0 heterocycles. The summed E-state index contributed by atoms with van der Waals surface area (Å²) in [5.41, 5.74) is 0.738. The summed E-state index contributed by atoms with van der Waals surface area (Å²) >= 11 is 1.05. The van der Waals surface area contributed by atoms with Gasteiger partial charge in [0.05, 0.1) is 6.61 Å². The molecule has 0 aromatic heterocycles. The van der Waals surface area contributed by atoms with Gasteiger partial charge in [-0.1, -0.05) is 18.2 Å². The maximum Gasteiger partial charge on any atom is 0.513 e. The van der Waals surface area contributed by atoms with Crippen molar-refractivity contribution in [1.82, 2.24) is 0 Å². The van der Waals surface area contributed by atoms with Crippen molar-refractivity contribution in [2.75, 3.05) is 11.9 Å². The van der Waals surface area contributed by atoms with E-state index in [2.05, 4.69) is 10.1 Å². The van der Waals surface area contributed by atoms with Crippen molar-refractivity contribution in [3.63, 3.8) is 0 Å². The van der Waals surface area contributed by atoms with Crippen LogP contribution in [0.25, 0.3) is 0 Å². The fourth-order valence-electron chi connectivity index (χ4n) is 1.59. The smallest absolute Gasteiger partial charge is 0.434 e. The van der Waals surface area contributed by atoms with Gasteiger partial charge in [0.15, 0.2) is 0 Å². The van der Waals surface area contributed by atoms with Gasteiger partial charge in [-0.15, -0.1) is 0 Å². The van der Waals surface area contributed by atoms with Gasteiger partial charge in [-0.05, 0) is 55.1 Å². The Morgan fingerprint density at radius 1 is 1.05 bits per heavy atom. The predicted octanol–water partition coefficient (Wildman–Crippen LogP) is 4.55. The summed E-state index contributed by atoms with van der Waals surface area (Å²) in [6, 6.07) is 15.8. The fraction of sp³-hybridized carbons (Fsp3) is 0.125. The lowest BCUT2D eigenvalue weighted by atomic mass is 10.3. The number of rotatable bonds is 4. The Kier molecular flexibility index (Phi) is 5.85. The maximum atomic E-state index is 11.9. The number of hydrogen-bond donors (Lipinski definition) is 1. The number of para-hydroxylation sites is 1. The molecule has 0 radical (unpaired) electrons. The Hall–Kier alpha value is -2.47. The number of thioether (sulfide) groups is 1. The molecule has 0 aliphatic rings. The molecule has 114 valence electrons. The Bertz CT molecular complexity index is 628. The van der Waals surface area contributed by atoms with Crippen molar-refractivity contribution < 1.29 is 19.1 Å². The van der Waals surface area contributed by atoms with Crippen LogP contribution in [0.15, 0.2) is 59.5 Å². The highest BCUT2D eigenvalue weighted by atomic mass is 32.2. The second-order valence-corrected chi connectivity index (χ2v) is 5.18. The van der Waals surface area contributed by atoms with Gasteiger partial charge >= 0.3 is 6.16 Å². The lowest BCUT2D eigenvalue weighted by molar-refractivity contribution is 0.104. The first kappa shape index (κ1) is 15.9. The van der Waals surface area contributed by atoms with Crippen molar-refractivity contribution in [2.24, 2.45) is 0 Å². The lowest BCUT2D eigenvalue weighted by Gasteiger charge is -2.06. The highest BCUT2D eigenvalue weighted by Gasteiger charge is 2.07. The van der Waals surface area contributed by atoms with Gasteiger partial charge < -0.3 is 14.8 Å². The van der Waals surface area contributed by atoms with Gasteiger partial charge in [0.1, 0.15) is 5.75 Å². The first-order chi connectivity index (χ1) is 10.7. The Morgan fingerprint density at radius 2 is 1.73 bits per heavy atom. The second-order valence-electron chi connectivity index (χ2n) is 4.14. The molecule has 0 atom stereocenters. The number of ether oxygens (including phenoxy) is 2. The fourth-order valence-corrected chi connectivity index (χ4v) is 2.25. The first-order valence-corrected chi connectivity index (χ1v) is 7.47. The molecule has 0 spiro atoms. The zero-order valence-electron chi connectivity index (χ0n) is 11.9. The monoisotopic (exact) mass is 317 g/mol. The van der Waals surface area contributed by atoms with E-state index in [1.54, 1.807) is 31.2 Å². The van der Waals surface area contributed by atoms with E-state index >= 15 is 0 Å². The lowest BCUT2D eigenvalue weighted by Crippen LogP contribution is -2.09. The van der Waals surface area contributed by atoms with Gasteiger partial charge in [-0.3, -0.25) is 4.79 Å². The number of carbonyl (C=O) groups excluding carboxylic acids is 2. The van der Waals surface area contributed by atoms with Crippen LogP contribution in [-0.4, -0.2) is 18.0 Å². The second kappa shape index (κ2) is 8.09. The quantitative estimate of drug-likeness (QED) is 0.509. The number of carbonyl (C=O) groups is 2. The summed E-state index contributed by atoms with van der Waals surface area (Å²) in [7, 11) is 0. The molecule has 5 nitrogen and oxygen atoms in total. The summed E-state index contributed by atoms with van der Waals surface area (Å²) in [6.45, 7) is 1.96. The van der Waals surface area contributed by atoms with Crippen LogP contribution in [0, 0.1) is 0 Å². The zero-order chi connectivity index (χ0) is 15.8. The highest BCUT2D eigenvalue weighted by Crippen LogP contribution is 2.23. The van der Waals surface area contributed by atoms with Crippen LogP contribution >= 0.6 is 11.8 Å². The number of hydrogen-bond acceptors (Lipinski definition) is 5. The van der Waals surface area contributed by atoms with Crippen LogP contribution in [0.5, 0.6) is 5.75 Å². The van der Waals surface area contributed by atoms with Gasteiger partial charge in [0.25, 0.3) is 5.24 Å². The Morgan fingerprint density at radius 3 is 2.36 bits per heavy atom. The number of benzene rings is 2. The average Bonchev–Trinajstić information content (AvgIpc) is 2.50. The normalized spacial score (nSPS) is 9.86. The number of anilines is 1. The molecule has 2 aromatic rings. The van der Waals surface area contributed by atoms with Crippen molar-refractivity contribution in [2.45, 2.75) is 11.8 Å². The van der Waals surface area contributed by atoms with E-state index in [1.165, 1.54) is 0 Å². The molecular weight excluding hydrogens is 302 g/mol. The molecule has 0 fully saturated rings. The largest absolute Gasteiger partial charge is 0.513 e. The molecule has 0 aliphatic carbocycles. The summed E-state index contributed by atoms with van der Waals surface area (Å²) in [5, 5.41) is 2.58. The van der Waals surface area contributed by atoms with Gasteiger partial charge in [0.2, 0.25) is 0 Å². The van der Waals surface area contributed by atoms with Crippen LogP contribution in [0.2, 0.25) is 0 Å². The van der Waals surface area contributed by atoms with Gasteiger partial charge in [-0.25, -0.2) is 4.79 Å². The zero-order valence-corrected chi connectivity index (χ0v) is 12.8. The number of amides is 1. The summed E-state index contributed by atoms with van der Waals surface area (Å²) < 4.78 is 9.62. The third-order valence-electron chi connectivity index (χ3n) is 2.52. The Balaban J connectivity index is 1.88. The van der Waals surface area contributed by atoms with E-state index in [4.69, 9.17) is 4.74 Å². The van der Waals surface area contributed by atoms with Crippen LogP contribution in [0.1, 0.15) is 6.92 Å². The molecule has 0 saturated heterocycles. The van der Waals surface area contributed by atoms with Crippen molar-refractivity contribution in [1.29, 1.82) is 0 Å². The molecule has 0 aliphatic heterocycles. The summed E-state index contributed by atoms with van der Waals surface area (Å²) in [4.78, 5) is 23.8. The minimum absolute atomic E-state index is 0.190. The molecule has 0 unspecified atom stereocenters. The highest BCUT2D eigenvalue weighted by molar-refractivity contribution is 8.13. The van der Waals surface area contributed by atoms with Crippen molar-refractivity contribution in [3.05, 3.63) is 54.6 Å². The van der Waals surface area contributed by atoms with Crippen LogP contribution in [0.4, 0.5) is 15.3 Å². The Labute approximate surface area is 132 Å². The van der Waals surface area contributed by atoms with Crippen LogP contribution < -0.4 is 10.1 Å².